The fourth-order valence-corrected chi connectivity index (χ4v) is 3.02. The van der Waals surface area contributed by atoms with Crippen LogP contribution in [0, 0.1) is 6.92 Å². The summed E-state index contributed by atoms with van der Waals surface area (Å²) in [7, 11) is 0. The van der Waals surface area contributed by atoms with Crippen molar-refractivity contribution in [2.75, 3.05) is 0 Å². The lowest BCUT2D eigenvalue weighted by atomic mass is 9.96. The minimum atomic E-state index is 0.859. The molecule has 0 atom stereocenters. The van der Waals surface area contributed by atoms with Crippen LogP contribution in [0.4, 0.5) is 0 Å². The van der Waals surface area contributed by atoms with Gasteiger partial charge in [0.05, 0.1) is 17.1 Å². The highest BCUT2D eigenvalue weighted by Gasteiger charge is 2.11. The van der Waals surface area contributed by atoms with Gasteiger partial charge in [0.2, 0.25) is 0 Å². The van der Waals surface area contributed by atoms with E-state index in [1.54, 1.807) is 6.08 Å². The van der Waals surface area contributed by atoms with Crippen molar-refractivity contribution >= 4 is 17.0 Å². The zero-order valence-electron chi connectivity index (χ0n) is 15.7. The van der Waals surface area contributed by atoms with E-state index in [0.29, 0.717) is 0 Å². The van der Waals surface area contributed by atoms with Gasteiger partial charge in [0.1, 0.15) is 0 Å². The van der Waals surface area contributed by atoms with Gasteiger partial charge in [0, 0.05) is 5.71 Å². The molecule has 0 saturated carbocycles. The zero-order valence-corrected chi connectivity index (χ0v) is 15.7. The SMILES string of the molecule is C=C/C=C(\N=C(C)C1=CCCCC1)c1nc(/C(C=C)=C/C)ccc1C. The Morgan fingerprint density at radius 1 is 1.24 bits per heavy atom. The fraction of sp³-hybridized carbons (Fsp3) is 0.304. The molecule has 0 aromatic carbocycles. The summed E-state index contributed by atoms with van der Waals surface area (Å²) in [5.74, 6) is 0. The van der Waals surface area contributed by atoms with Gasteiger partial charge in [-0.05, 0) is 75.3 Å². The summed E-state index contributed by atoms with van der Waals surface area (Å²) in [4.78, 5) is 9.75. The Bertz CT molecular complexity index is 773. The second-order valence-electron chi connectivity index (χ2n) is 6.27. The van der Waals surface area contributed by atoms with Crippen molar-refractivity contribution in [3.63, 3.8) is 0 Å². The van der Waals surface area contributed by atoms with Crippen LogP contribution < -0.4 is 0 Å². The smallest absolute Gasteiger partial charge is 0.0922 e. The highest BCUT2D eigenvalue weighted by Crippen LogP contribution is 2.25. The van der Waals surface area contributed by atoms with Crippen LogP contribution in [0.3, 0.4) is 0 Å². The van der Waals surface area contributed by atoms with Crippen molar-refractivity contribution in [1.29, 1.82) is 0 Å². The molecule has 1 aliphatic rings. The van der Waals surface area contributed by atoms with E-state index < -0.39 is 0 Å². The average molecular weight is 332 g/mol. The number of hydrogen-bond donors (Lipinski definition) is 0. The van der Waals surface area contributed by atoms with E-state index in [1.807, 2.05) is 31.2 Å². The van der Waals surface area contributed by atoms with E-state index in [-0.39, 0.29) is 0 Å². The number of hydrogen-bond acceptors (Lipinski definition) is 2. The van der Waals surface area contributed by atoms with E-state index in [2.05, 4.69) is 39.1 Å². The molecule has 0 bridgehead atoms. The summed E-state index contributed by atoms with van der Waals surface area (Å²) >= 11 is 0. The van der Waals surface area contributed by atoms with Crippen molar-refractivity contribution in [3.8, 4) is 0 Å². The highest BCUT2D eigenvalue weighted by atomic mass is 14.8. The van der Waals surface area contributed by atoms with Gasteiger partial charge in [0.25, 0.3) is 0 Å². The molecule has 1 aliphatic carbocycles. The molecule has 25 heavy (non-hydrogen) atoms. The third-order valence-corrected chi connectivity index (χ3v) is 4.49. The fourth-order valence-electron chi connectivity index (χ4n) is 3.02. The van der Waals surface area contributed by atoms with Crippen molar-refractivity contribution in [2.24, 2.45) is 4.99 Å². The van der Waals surface area contributed by atoms with Gasteiger partial charge in [-0.3, -0.25) is 4.99 Å². The maximum atomic E-state index is 4.90. The third-order valence-electron chi connectivity index (χ3n) is 4.49. The Morgan fingerprint density at radius 2 is 2.04 bits per heavy atom. The molecule has 0 fully saturated rings. The van der Waals surface area contributed by atoms with Crippen molar-refractivity contribution in [3.05, 3.63) is 78.2 Å². The van der Waals surface area contributed by atoms with Crippen LogP contribution in [0.1, 0.15) is 56.5 Å². The summed E-state index contributed by atoms with van der Waals surface area (Å²) in [5.41, 5.74) is 7.23. The van der Waals surface area contributed by atoms with Crippen molar-refractivity contribution in [2.45, 2.75) is 46.5 Å². The lowest BCUT2D eigenvalue weighted by Crippen LogP contribution is -2.04. The molecule has 2 nitrogen and oxygen atoms in total. The molecule has 2 rings (SSSR count). The van der Waals surface area contributed by atoms with Crippen LogP contribution in [-0.2, 0) is 0 Å². The zero-order chi connectivity index (χ0) is 18.2. The molecular weight excluding hydrogens is 304 g/mol. The van der Waals surface area contributed by atoms with E-state index in [9.17, 15) is 0 Å². The second kappa shape index (κ2) is 9.12. The van der Waals surface area contributed by atoms with Gasteiger partial charge in [0.15, 0.2) is 0 Å². The molecule has 0 aliphatic heterocycles. The molecule has 0 radical (unpaired) electrons. The lowest BCUT2D eigenvalue weighted by molar-refractivity contribution is 0.717. The largest absolute Gasteiger partial charge is 0.251 e. The summed E-state index contributed by atoms with van der Waals surface area (Å²) < 4.78 is 0. The predicted octanol–water partition coefficient (Wildman–Crippen LogP) is 6.47. The first-order chi connectivity index (χ1) is 12.1. The second-order valence-corrected chi connectivity index (χ2v) is 6.27. The Kier molecular flexibility index (Phi) is 6.88. The molecule has 1 heterocycles. The van der Waals surface area contributed by atoms with Crippen LogP contribution >= 0.6 is 0 Å². The topological polar surface area (TPSA) is 25.2 Å². The molecule has 2 heteroatoms. The third kappa shape index (κ3) is 4.76. The van der Waals surface area contributed by atoms with E-state index >= 15 is 0 Å². The van der Waals surface area contributed by atoms with Gasteiger partial charge in [-0.2, -0.15) is 0 Å². The average Bonchev–Trinajstić information content (AvgIpc) is 2.64. The number of rotatable bonds is 6. The van der Waals surface area contributed by atoms with Crippen LogP contribution in [0.25, 0.3) is 11.3 Å². The number of nitrogens with zero attached hydrogens (tertiary/aromatic N) is 2. The summed E-state index contributed by atoms with van der Waals surface area (Å²) in [6.45, 7) is 13.9. The molecule has 0 saturated heterocycles. The monoisotopic (exact) mass is 332 g/mol. The number of aromatic nitrogens is 1. The first kappa shape index (κ1) is 18.9. The van der Waals surface area contributed by atoms with E-state index in [0.717, 1.165) is 46.8 Å². The van der Waals surface area contributed by atoms with E-state index in [1.165, 1.54) is 18.4 Å². The van der Waals surface area contributed by atoms with Crippen LogP contribution in [0.5, 0.6) is 0 Å². The summed E-state index contributed by atoms with van der Waals surface area (Å²) in [5, 5.41) is 0. The Hall–Kier alpha value is -2.48. The van der Waals surface area contributed by atoms with Gasteiger partial charge in [-0.25, -0.2) is 4.98 Å². The maximum Gasteiger partial charge on any atom is 0.0922 e. The number of allylic oxidation sites excluding steroid dienone is 7. The molecule has 0 N–H and O–H groups in total. The molecule has 0 unspecified atom stereocenters. The predicted molar refractivity (Wildman–Crippen MR) is 111 cm³/mol. The molecular formula is C23H28N2. The highest BCUT2D eigenvalue weighted by molar-refractivity contribution is 6.01. The summed E-state index contributed by atoms with van der Waals surface area (Å²) in [6.07, 6.45) is 14.7. The molecule has 130 valence electrons. The summed E-state index contributed by atoms with van der Waals surface area (Å²) in [6, 6.07) is 4.12. The van der Waals surface area contributed by atoms with Gasteiger partial charge < -0.3 is 0 Å². The lowest BCUT2D eigenvalue weighted by Gasteiger charge is -2.14. The number of aliphatic imine (C=N–C) groups is 1. The normalized spacial score (nSPS) is 16.4. The Morgan fingerprint density at radius 3 is 2.64 bits per heavy atom. The van der Waals surface area contributed by atoms with Crippen molar-refractivity contribution < 1.29 is 0 Å². The van der Waals surface area contributed by atoms with Crippen LogP contribution in [0.15, 0.2) is 66.2 Å². The first-order valence-corrected chi connectivity index (χ1v) is 8.95. The number of aryl methyl sites for hydroxylation is 1. The number of pyridine rings is 1. The maximum absolute atomic E-state index is 4.90. The standard InChI is InChI=1S/C23H28N2/c1-6-12-22(24-18(5)20-13-10-9-11-14-20)23-17(4)15-16-21(25-23)19(7-2)8-3/h6-8,12-13,15-16H,1-2,9-11,14H2,3-5H3/b19-8+,22-12-,24-18?. The molecule has 0 amide bonds. The molecule has 0 spiro atoms. The van der Waals surface area contributed by atoms with Gasteiger partial charge in [-0.15, -0.1) is 0 Å². The van der Waals surface area contributed by atoms with Crippen LogP contribution in [0.2, 0.25) is 0 Å². The minimum absolute atomic E-state index is 0.859. The van der Waals surface area contributed by atoms with Crippen molar-refractivity contribution in [1.82, 2.24) is 4.98 Å². The minimum Gasteiger partial charge on any atom is -0.251 e. The Labute approximate surface area is 152 Å². The molecule has 1 aromatic heterocycles. The Balaban J connectivity index is 2.49. The van der Waals surface area contributed by atoms with Gasteiger partial charge >= 0.3 is 0 Å². The quantitative estimate of drug-likeness (QED) is 0.433. The van der Waals surface area contributed by atoms with Crippen LogP contribution in [-0.4, -0.2) is 10.7 Å². The van der Waals surface area contributed by atoms with E-state index in [4.69, 9.17) is 9.98 Å². The van der Waals surface area contributed by atoms with Gasteiger partial charge in [-0.1, -0.05) is 43.5 Å². The first-order valence-electron chi connectivity index (χ1n) is 8.95. The molecule has 1 aromatic rings.